The Morgan fingerprint density at radius 2 is 1.74 bits per heavy atom. The lowest BCUT2D eigenvalue weighted by Gasteiger charge is -2.72. The van der Waals surface area contributed by atoms with E-state index < -0.39 is 21.2 Å². The van der Waals surface area contributed by atoms with Gasteiger partial charge >= 0.3 is 5.97 Å². The molecule has 0 spiro atoms. The molecule has 1 aromatic rings. The SMILES string of the molecule is C=C(C)[C@@H]1CC[C@]2(NCCN3CCS(=O)(=O)CC3)CC[C@]3(C)[C@H](CCC4[C@@]5(C)CC=C(C6=CCC(COc7cc(C)sn7)(C(=O)O)CC6)C(C)(C)[C@@H]5CC[C@]43C)[C@@H]12. The number of aryl methyl sites for hydroxylation is 1. The van der Waals surface area contributed by atoms with Crippen LogP contribution in [0.2, 0.25) is 0 Å². The Hall–Kier alpha value is -2.01. The van der Waals surface area contributed by atoms with Crippen molar-refractivity contribution < 1.29 is 23.1 Å². The number of hydrogen-bond acceptors (Lipinski definition) is 8. The number of nitrogens with zero attached hydrogens (tertiary/aromatic N) is 2. The van der Waals surface area contributed by atoms with Gasteiger partial charge in [-0.2, -0.15) is 4.37 Å². The van der Waals surface area contributed by atoms with Gasteiger partial charge in [0, 0.05) is 42.7 Å². The summed E-state index contributed by atoms with van der Waals surface area (Å²) in [5, 5.41) is 14.7. The van der Waals surface area contributed by atoms with E-state index in [0.717, 1.165) is 30.8 Å². The molecule has 0 radical (unpaired) electrons. The van der Waals surface area contributed by atoms with Crippen LogP contribution in [-0.4, -0.2) is 78.6 Å². The first-order valence-corrected chi connectivity index (χ1v) is 24.9. The van der Waals surface area contributed by atoms with E-state index in [9.17, 15) is 18.3 Å². The van der Waals surface area contributed by atoms with Crippen LogP contribution in [0.4, 0.5) is 0 Å². The number of carbonyl (C=O) groups is 1. The average Bonchev–Trinajstić information content (AvgIpc) is 3.75. The van der Waals surface area contributed by atoms with Crippen LogP contribution in [0.25, 0.3) is 0 Å². The highest BCUT2D eigenvalue weighted by Gasteiger charge is 2.70. The molecular formula is C47H71N3O5S2. The van der Waals surface area contributed by atoms with Crippen LogP contribution < -0.4 is 10.1 Å². The first-order valence-electron chi connectivity index (χ1n) is 22.3. The topological polar surface area (TPSA) is 109 Å². The number of sulfone groups is 1. The van der Waals surface area contributed by atoms with Gasteiger partial charge in [-0.1, -0.05) is 58.9 Å². The fourth-order valence-electron chi connectivity index (χ4n) is 15.2. The fourth-order valence-corrected chi connectivity index (χ4v) is 17.0. The lowest BCUT2D eigenvalue weighted by atomic mass is 9.33. The molecule has 4 saturated carbocycles. The van der Waals surface area contributed by atoms with Crippen LogP contribution in [-0.2, 0) is 14.6 Å². The predicted molar refractivity (Wildman–Crippen MR) is 230 cm³/mol. The number of rotatable bonds is 10. The third-order valence-electron chi connectivity index (χ3n) is 18.5. The Morgan fingerprint density at radius 1 is 0.982 bits per heavy atom. The zero-order chi connectivity index (χ0) is 40.8. The second kappa shape index (κ2) is 14.6. The molecule has 6 aliphatic carbocycles. The van der Waals surface area contributed by atoms with E-state index in [-0.39, 0.29) is 33.8 Å². The summed E-state index contributed by atoms with van der Waals surface area (Å²) in [7, 11) is -2.87. The lowest BCUT2D eigenvalue weighted by molar-refractivity contribution is -0.221. The highest BCUT2D eigenvalue weighted by atomic mass is 32.2. The molecular weight excluding hydrogens is 751 g/mol. The van der Waals surface area contributed by atoms with E-state index in [0.29, 0.717) is 72.9 Å². The summed E-state index contributed by atoms with van der Waals surface area (Å²) in [4.78, 5) is 16.1. The smallest absolute Gasteiger partial charge is 0.313 e. The normalized spacial score (nSPS) is 42.4. The second-order valence-corrected chi connectivity index (χ2v) is 24.7. The summed E-state index contributed by atoms with van der Waals surface area (Å²) in [5.41, 5.74) is 4.16. The third-order valence-corrected chi connectivity index (χ3v) is 20.8. The second-order valence-electron chi connectivity index (χ2n) is 21.4. The quantitative estimate of drug-likeness (QED) is 0.225. The van der Waals surface area contributed by atoms with Crippen molar-refractivity contribution in [2.24, 2.45) is 56.7 Å². The van der Waals surface area contributed by atoms with Crippen molar-refractivity contribution >= 4 is 27.3 Å². The van der Waals surface area contributed by atoms with E-state index >= 15 is 0 Å². The van der Waals surface area contributed by atoms with Crippen LogP contribution >= 0.6 is 11.5 Å². The number of aliphatic carboxylic acids is 1. The first kappa shape index (κ1) is 41.7. The molecule has 8 nitrogen and oxygen atoms in total. The van der Waals surface area contributed by atoms with Crippen LogP contribution in [0.1, 0.15) is 123 Å². The third kappa shape index (κ3) is 6.75. The lowest BCUT2D eigenvalue weighted by Crippen LogP contribution is -2.68. The van der Waals surface area contributed by atoms with Gasteiger partial charge in [0.25, 0.3) is 0 Å². The molecule has 57 heavy (non-hydrogen) atoms. The van der Waals surface area contributed by atoms with Crippen molar-refractivity contribution in [1.82, 2.24) is 14.6 Å². The summed E-state index contributed by atoms with van der Waals surface area (Å²) in [6, 6.07) is 1.89. The molecule has 7 aliphatic rings. The monoisotopic (exact) mass is 821 g/mol. The van der Waals surface area contributed by atoms with Gasteiger partial charge in [0.2, 0.25) is 5.88 Å². The molecule has 10 atom stereocenters. The molecule has 10 heteroatoms. The molecule has 0 aromatic carbocycles. The highest BCUT2D eigenvalue weighted by Crippen LogP contribution is 2.76. The van der Waals surface area contributed by atoms with Crippen molar-refractivity contribution in [2.75, 3.05) is 44.3 Å². The molecule has 1 aliphatic heterocycles. The predicted octanol–water partition coefficient (Wildman–Crippen LogP) is 9.28. The number of ether oxygens (including phenoxy) is 1. The van der Waals surface area contributed by atoms with Gasteiger partial charge in [0.15, 0.2) is 9.84 Å². The zero-order valence-corrected chi connectivity index (χ0v) is 37.7. The number of hydrogen-bond donors (Lipinski definition) is 2. The Labute approximate surface area is 347 Å². The van der Waals surface area contributed by atoms with Crippen LogP contribution in [0.3, 0.4) is 0 Å². The molecule has 0 bridgehead atoms. The van der Waals surface area contributed by atoms with Gasteiger partial charge in [0.05, 0.1) is 11.5 Å². The summed E-state index contributed by atoms with van der Waals surface area (Å²) >= 11 is 1.39. The number of carboxylic acids is 1. The molecule has 0 amide bonds. The van der Waals surface area contributed by atoms with Gasteiger partial charge in [0.1, 0.15) is 12.0 Å². The summed E-state index contributed by atoms with van der Waals surface area (Å²) in [5.74, 6) is 3.40. The Kier molecular flexibility index (Phi) is 10.7. The minimum Gasteiger partial charge on any atom is -0.481 e. The largest absolute Gasteiger partial charge is 0.481 e. The molecule has 5 fully saturated rings. The molecule has 1 aromatic heterocycles. The van der Waals surface area contributed by atoms with E-state index in [1.807, 2.05) is 13.0 Å². The number of nitrogens with one attached hydrogen (secondary N) is 1. The van der Waals surface area contributed by atoms with Gasteiger partial charge < -0.3 is 20.1 Å². The van der Waals surface area contributed by atoms with Crippen molar-refractivity contribution in [3.63, 3.8) is 0 Å². The molecule has 2 N–H and O–H groups in total. The average molecular weight is 822 g/mol. The van der Waals surface area contributed by atoms with Gasteiger partial charge in [-0.15, -0.1) is 0 Å². The first-order chi connectivity index (χ1) is 26.8. The molecule has 8 rings (SSSR count). The maximum Gasteiger partial charge on any atom is 0.313 e. The van der Waals surface area contributed by atoms with Crippen LogP contribution in [0, 0.1) is 63.6 Å². The number of aromatic nitrogens is 1. The van der Waals surface area contributed by atoms with Gasteiger partial charge in [-0.3, -0.25) is 4.79 Å². The highest BCUT2D eigenvalue weighted by molar-refractivity contribution is 7.91. The maximum atomic E-state index is 12.7. The van der Waals surface area contributed by atoms with Crippen molar-refractivity contribution in [1.29, 1.82) is 0 Å². The standard InChI is InChI=1S/C47H71N3O5S2/c1-31(2)34-13-20-47(48-23-24-50-25-27-57(53,54)28-26-50)22-21-44(7)36(40(34)47)9-10-38-43(6)16-14-35(42(4,5)37(43)15-17-45(38,44)8)33-11-18-46(19-12-33,41(51)52)30-55-39-29-32(3)56-49-39/h11,14,29,34,36-38,40,48H,1,9-10,12-13,15-28,30H2,2-8H3,(H,51,52)/t34-,36+,37-,38?,40+,43-,44+,45+,46?,47-/m0/s1. The fraction of sp³-hybridized carbons (Fsp3) is 0.787. The van der Waals surface area contributed by atoms with Gasteiger partial charge in [-0.25, -0.2) is 8.42 Å². The van der Waals surface area contributed by atoms with Crippen molar-refractivity contribution in [3.8, 4) is 5.88 Å². The van der Waals surface area contributed by atoms with Crippen LogP contribution in [0.15, 0.2) is 41.5 Å². The summed E-state index contributed by atoms with van der Waals surface area (Å²) in [6.45, 7) is 25.3. The van der Waals surface area contributed by atoms with Crippen molar-refractivity contribution in [3.05, 3.63) is 46.4 Å². The summed E-state index contributed by atoms with van der Waals surface area (Å²) in [6.07, 6.45) is 17.9. The van der Waals surface area contributed by atoms with E-state index in [4.69, 9.17) is 4.74 Å². The molecule has 2 unspecified atom stereocenters. The summed E-state index contributed by atoms with van der Waals surface area (Å²) < 4.78 is 34.5. The molecule has 316 valence electrons. The number of allylic oxidation sites excluding steroid dienone is 5. The minimum atomic E-state index is -2.87. The zero-order valence-electron chi connectivity index (χ0n) is 36.1. The van der Waals surface area contributed by atoms with E-state index in [1.54, 1.807) is 0 Å². The Bertz CT molecular complexity index is 1920. The number of carboxylic acid groups (broad SMARTS) is 1. The maximum absolute atomic E-state index is 12.7. The van der Waals surface area contributed by atoms with E-state index in [2.05, 4.69) is 74.9 Å². The molecule has 1 saturated heterocycles. The van der Waals surface area contributed by atoms with Gasteiger partial charge in [-0.05, 0) is 165 Å². The Balaban J connectivity index is 1.01. The van der Waals surface area contributed by atoms with Crippen molar-refractivity contribution in [2.45, 2.75) is 131 Å². The van der Waals surface area contributed by atoms with Crippen LogP contribution in [0.5, 0.6) is 5.88 Å². The van der Waals surface area contributed by atoms with E-state index in [1.165, 1.54) is 79.6 Å². The molecule has 2 heterocycles. The number of fused-ring (bicyclic) bond motifs is 7. The Morgan fingerprint density at radius 3 is 2.39 bits per heavy atom. The minimum absolute atomic E-state index is 0.0104.